The van der Waals surface area contributed by atoms with Crippen molar-refractivity contribution in [1.82, 2.24) is 25.9 Å². The number of nitrogens with one attached hydrogen (secondary N) is 3. The molecule has 4 amide bonds. The molecule has 0 aliphatic carbocycles. The number of unbranched alkanes of at least 4 members (excludes halogenated alkanes) is 2. The van der Waals surface area contributed by atoms with E-state index < -0.39 is 60.1 Å². The average Bonchev–Trinajstić information content (AvgIpc) is 3.93. The van der Waals surface area contributed by atoms with Crippen LogP contribution in [0.2, 0.25) is 0 Å². The number of hydroxylamine groups is 2. The van der Waals surface area contributed by atoms with Crippen molar-refractivity contribution in [3.05, 3.63) is 148 Å². The topological polar surface area (TPSA) is 221 Å². The van der Waals surface area contributed by atoms with Crippen molar-refractivity contribution in [3.8, 4) is 17.1 Å². The Hall–Kier alpha value is -7.83. The monoisotopic (exact) mass is 1030 g/mol. The maximum absolute atomic E-state index is 13.9. The van der Waals surface area contributed by atoms with E-state index in [-0.39, 0.29) is 49.3 Å². The van der Waals surface area contributed by atoms with Crippen molar-refractivity contribution < 1.29 is 61.8 Å². The summed E-state index contributed by atoms with van der Waals surface area (Å²) in [7, 11) is 0. The minimum Gasteiger partial charge on any atom is -0.493 e. The van der Waals surface area contributed by atoms with Crippen LogP contribution in [0, 0.1) is 12.8 Å². The highest BCUT2D eigenvalue weighted by Crippen LogP contribution is 2.30. The zero-order valence-corrected chi connectivity index (χ0v) is 43.0. The van der Waals surface area contributed by atoms with Gasteiger partial charge in [0.2, 0.25) is 12.3 Å². The summed E-state index contributed by atoms with van der Waals surface area (Å²) in [4.78, 5) is 101. The highest BCUT2D eigenvalue weighted by Gasteiger charge is 2.34. The number of aryl methyl sites for hydroxylation is 1. The Labute approximate surface area is 437 Å². The molecule has 3 atom stereocenters. The second-order valence-corrected chi connectivity index (χ2v) is 18.0. The van der Waals surface area contributed by atoms with Crippen LogP contribution in [0.1, 0.15) is 113 Å². The molecule has 1 aliphatic rings. The van der Waals surface area contributed by atoms with E-state index in [0.717, 1.165) is 42.1 Å². The van der Waals surface area contributed by atoms with Crippen LogP contribution in [0.5, 0.6) is 5.75 Å². The van der Waals surface area contributed by atoms with Gasteiger partial charge in [0.15, 0.2) is 5.76 Å². The maximum atomic E-state index is 13.9. The fourth-order valence-corrected chi connectivity index (χ4v) is 8.54. The molecule has 398 valence electrons. The summed E-state index contributed by atoms with van der Waals surface area (Å²) in [6.45, 7) is 10.8. The molecule has 0 spiro atoms. The summed E-state index contributed by atoms with van der Waals surface area (Å²) in [5.74, 6) is -4.58. The SMILES string of the molecule is CCCCCC(C(=O)NCNC(=O)c1ccc(-c2ccc(C(=O)NC(CC(=O)OCc3ccccc3)C(=O)OCc3ccccc3)c(OCC)c2)o1)C(CC)N(C=O)OC(=O)c1ccc(CN2CCOCC2)cc1C. The van der Waals surface area contributed by atoms with Crippen LogP contribution in [0.4, 0.5) is 0 Å². The third-order valence-corrected chi connectivity index (χ3v) is 12.6. The molecule has 0 saturated carbocycles. The van der Waals surface area contributed by atoms with Crippen LogP contribution in [-0.2, 0) is 58.0 Å². The lowest BCUT2D eigenvalue weighted by Crippen LogP contribution is -2.49. The van der Waals surface area contributed by atoms with Gasteiger partial charge < -0.3 is 44.2 Å². The van der Waals surface area contributed by atoms with Crippen molar-refractivity contribution in [2.75, 3.05) is 39.6 Å². The molecular formula is C57H67N5O13. The van der Waals surface area contributed by atoms with E-state index in [4.69, 9.17) is 28.2 Å². The average molecular weight is 1030 g/mol. The van der Waals surface area contributed by atoms with Gasteiger partial charge in [-0.3, -0.25) is 28.9 Å². The van der Waals surface area contributed by atoms with Crippen molar-refractivity contribution in [2.24, 2.45) is 5.92 Å². The summed E-state index contributed by atoms with van der Waals surface area (Å²) in [6, 6.07) is 28.8. The molecule has 4 aromatic carbocycles. The lowest BCUT2D eigenvalue weighted by molar-refractivity contribution is -0.171. The van der Waals surface area contributed by atoms with Gasteiger partial charge in [-0.25, -0.2) is 9.59 Å². The summed E-state index contributed by atoms with van der Waals surface area (Å²) in [6.07, 6.45) is 2.98. The van der Waals surface area contributed by atoms with Crippen LogP contribution in [0.15, 0.2) is 114 Å². The van der Waals surface area contributed by atoms with Crippen LogP contribution < -0.4 is 20.7 Å². The van der Waals surface area contributed by atoms with Gasteiger partial charge in [0.1, 0.15) is 30.8 Å². The van der Waals surface area contributed by atoms with Crippen molar-refractivity contribution in [3.63, 3.8) is 0 Å². The first-order valence-electron chi connectivity index (χ1n) is 25.4. The number of rotatable bonds is 28. The molecule has 0 bridgehead atoms. The third kappa shape index (κ3) is 16.8. The Kier molecular flexibility index (Phi) is 22.0. The molecule has 3 unspecified atom stereocenters. The number of hydrogen-bond acceptors (Lipinski definition) is 14. The first kappa shape index (κ1) is 56.5. The van der Waals surface area contributed by atoms with Gasteiger partial charge in [-0.05, 0) is 79.3 Å². The fourth-order valence-electron chi connectivity index (χ4n) is 8.54. The Morgan fingerprint density at radius 3 is 2.11 bits per heavy atom. The molecule has 18 heteroatoms. The van der Waals surface area contributed by atoms with E-state index in [2.05, 4.69) is 20.9 Å². The predicted molar refractivity (Wildman–Crippen MR) is 276 cm³/mol. The fraction of sp³-hybridized carbons (Fsp3) is 0.386. The number of ether oxygens (including phenoxy) is 4. The summed E-state index contributed by atoms with van der Waals surface area (Å²) < 4.78 is 28.2. The first-order chi connectivity index (χ1) is 36.4. The smallest absolute Gasteiger partial charge is 0.363 e. The van der Waals surface area contributed by atoms with E-state index >= 15 is 0 Å². The Bertz CT molecular complexity index is 2690. The normalized spacial score (nSPS) is 13.5. The molecule has 6 rings (SSSR count). The van der Waals surface area contributed by atoms with Crippen LogP contribution in [-0.4, -0.2) is 104 Å². The number of amides is 4. The number of furan rings is 1. The molecule has 75 heavy (non-hydrogen) atoms. The molecule has 1 fully saturated rings. The molecule has 1 aromatic heterocycles. The molecule has 5 aromatic rings. The van der Waals surface area contributed by atoms with E-state index in [0.29, 0.717) is 67.7 Å². The van der Waals surface area contributed by atoms with Gasteiger partial charge in [0.25, 0.3) is 11.8 Å². The van der Waals surface area contributed by atoms with E-state index in [1.54, 1.807) is 86.6 Å². The number of carbonyl (C=O) groups excluding carboxylic acids is 7. The van der Waals surface area contributed by atoms with Crippen molar-refractivity contribution in [2.45, 2.75) is 98.1 Å². The number of esters is 2. The highest BCUT2D eigenvalue weighted by molar-refractivity contribution is 6.00. The Morgan fingerprint density at radius 2 is 1.45 bits per heavy atom. The van der Waals surface area contributed by atoms with Gasteiger partial charge in [-0.2, -0.15) is 5.06 Å². The van der Waals surface area contributed by atoms with E-state index in [1.807, 2.05) is 38.1 Å². The lowest BCUT2D eigenvalue weighted by atomic mass is 9.90. The minimum atomic E-state index is -1.41. The van der Waals surface area contributed by atoms with E-state index in [9.17, 15) is 33.6 Å². The summed E-state index contributed by atoms with van der Waals surface area (Å²) in [5, 5.41) is 8.95. The first-order valence-corrected chi connectivity index (χ1v) is 25.4. The number of morpholine rings is 1. The molecule has 2 heterocycles. The van der Waals surface area contributed by atoms with E-state index in [1.165, 1.54) is 12.1 Å². The number of carbonyl (C=O) groups is 7. The van der Waals surface area contributed by atoms with Gasteiger partial charge >= 0.3 is 17.9 Å². The predicted octanol–water partition coefficient (Wildman–Crippen LogP) is 7.47. The second-order valence-electron chi connectivity index (χ2n) is 18.0. The number of hydrogen-bond donors (Lipinski definition) is 3. The Morgan fingerprint density at radius 1 is 0.760 bits per heavy atom. The van der Waals surface area contributed by atoms with Gasteiger partial charge in [0.05, 0.1) is 56.0 Å². The molecular weight excluding hydrogens is 963 g/mol. The standard InChI is InChI=1S/C57H67N5O13/c1-5-8-11-20-45(48(6-2)62(38-63)75-56(68)44-23-21-42(31-39(44)4)34-61-27-29-70-30-28-61)53(65)58-37-59-55(67)50-26-25-49(74-50)43-22-24-46(51(32-43)71-7-3)54(66)60-47(57(69)73-36-41-18-14-10-15-19-41)33-52(64)72-35-40-16-12-9-13-17-40/h9-10,12-19,21-26,31-32,38,45,47-48H,5-8,11,20,27-30,33-37H2,1-4H3,(H,58,65)(H,59,67)(H,60,66). The molecule has 18 nitrogen and oxygen atoms in total. The molecule has 3 N–H and O–H groups in total. The lowest BCUT2D eigenvalue weighted by Gasteiger charge is -2.32. The quantitative estimate of drug-likeness (QED) is 0.0146. The van der Waals surface area contributed by atoms with Gasteiger partial charge in [-0.1, -0.05) is 112 Å². The second kappa shape index (κ2) is 29.2. The van der Waals surface area contributed by atoms with Crippen LogP contribution in [0.25, 0.3) is 11.3 Å². The summed E-state index contributed by atoms with van der Waals surface area (Å²) >= 11 is 0. The maximum Gasteiger partial charge on any atom is 0.363 e. The number of benzene rings is 4. The molecule has 1 saturated heterocycles. The minimum absolute atomic E-state index is 0.0292. The van der Waals surface area contributed by atoms with Crippen molar-refractivity contribution >= 4 is 42.0 Å². The molecule has 1 aliphatic heterocycles. The van der Waals surface area contributed by atoms with Gasteiger partial charge in [0, 0.05) is 25.2 Å². The third-order valence-electron chi connectivity index (χ3n) is 12.6. The zero-order valence-electron chi connectivity index (χ0n) is 43.0. The Balaban J connectivity index is 1.07. The number of nitrogens with zero attached hydrogens (tertiary/aromatic N) is 2. The van der Waals surface area contributed by atoms with Crippen molar-refractivity contribution in [1.29, 1.82) is 0 Å². The zero-order chi connectivity index (χ0) is 53.5. The summed E-state index contributed by atoms with van der Waals surface area (Å²) in [5.41, 5.74) is 3.98. The molecule has 0 radical (unpaired) electrons. The largest absolute Gasteiger partial charge is 0.493 e. The van der Waals surface area contributed by atoms with Crippen LogP contribution in [0.3, 0.4) is 0 Å². The highest BCUT2D eigenvalue weighted by atomic mass is 16.7. The van der Waals surface area contributed by atoms with Gasteiger partial charge in [-0.15, -0.1) is 0 Å². The van der Waals surface area contributed by atoms with Crippen LogP contribution >= 0.6 is 0 Å².